The van der Waals surface area contributed by atoms with Gasteiger partial charge in [-0.25, -0.2) is 13.8 Å². The van der Waals surface area contributed by atoms with E-state index in [2.05, 4.69) is 20.7 Å². The number of piperazine rings is 1. The van der Waals surface area contributed by atoms with Gasteiger partial charge >= 0.3 is 0 Å². The number of thioether (sulfide) groups is 1. The van der Waals surface area contributed by atoms with Crippen molar-refractivity contribution < 1.29 is 13.6 Å². The van der Waals surface area contributed by atoms with Crippen molar-refractivity contribution in [2.24, 2.45) is 5.41 Å². The minimum Gasteiger partial charge on any atom is -0.365 e. The third-order valence-corrected chi connectivity index (χ3v) is 10.3. The fraction of sp³-hybridized carbons (Fsp3) is 0.577. The maximum atomic E-state index is 14.7. The highest BCUT2D eigenvalue weighted by molar-refractivity contribution is 8.26. The molecule has 2 aromatic rings. The number of rotatable bonds is 8. The number of alkyl halides is 2. The smallest absolute Gasteiger partial charge is 0.260 e. The number of carbonyl (C=O) groups is 1. The van der Waals surface area contributed by atoms with E-state index in [1.165, 1.54) is 11.9 Å². The zero-order chi connectivity index (χ0) is 27.4. The molecule has 1 amide bonds. The Labute approximate surface area is 233 Å². The van der Waals surface area contributed by atoms with Gasteiger partial charge in [-0.15, -0.1) is 0 Å². The molecular formula is C26H30F2N8OS2. The minimum atomic E-state index is -1.71. The lowest BCUT2D eigenvalue weighted by Gasteiger charge is -2.41. The molecule has 9 nitrogen and oxygen atoms in total. The Morgan fingerprint density at radius 2 is 1.87 bits per heavy atom. The monoisotopic (exact) mass is 572 g/mol. The highest BCUT2D eigenvalue weighted by Gasteiger charge is 2.49. The Hall–Kier alpha value is -2.69. The third kappa shape index (κ3) is 4.80. The van der Waals surface area contributed by atoms with Crippen molar-refractivity contribution in [3.63, 3.8) is 0 Å². The van der Waals surface area contributed by atoms with Gasteiger partial charge in [0, 0.05) is 37.3 Å². The van der Waals surface area contributed by atoms with Gasteiger partial charge in [0.2, 0.25) is 0 Å². The second-order valence-electron chi connectivity index (χ2n) is 11.1. The molecule has 6 rings (SSSR count). The summed E-state index contributed by atoms with van der Waals surface area (Å²) in [4.78, 5) is 21.9. The number of nitrogens with one attached hydrogen (secondary N) is 3. The maximum absolute atomic E-state index is 14.7. The van der Waals surface area contributed by atoms with E-state index in [9.17, 15) is 18.8 Å². The van der Waals surface area contributed by atoms with Gasteiger partial charge in [0.15, 0.2) is 11.3 Å². The van der Waals surface area contributed by atoms with Crippen LogP contribution in [0.4, 0.5) is 14.5 Å². The van der Waals surface area contributed by atoms with Gasteiger partial charge in [-0.1, -0.05) is 11.8 Å². The molecule has 39 heavy (non-hydrogen) atoms. The van der Waals surface area contributed by atoms with Crippen LogP contribution in [0, 0.1) is 27.6 Å². The summed E-state index contributed by atoms with van der Waals surface area (Å²) in [6.07, 6.45) is 7.63. The summed E-state index contributed by atoms with van der Waals surface area (Å²) in [5.41, 5.74) is -1.04. The lowest BCUT2D eigenvalue weighted by atomic mass is 9.81. The number of nitriles is 1. The van der Waals surface area contributed by atoms with E-state index < -0.39 is 29.2 Å². The summed E-state index contributed by atoms with van der Waals surface area (Å²) in [7, 11) is 0. The standard InChI is InChI=1S/C26H30F2N8OS2/c27-15-25(6-7-25)33-39-17-12-18(34-8-10-35(11-9-34)23(37)26(28)2-1-3-26)21-32-13-19(36(21)14-17)20(30)38-22(31)24(16-29)4-5-24/h12-14,30-31,33H,1-11,15H2. The highest BCUT2D eigenvalue weighted by Crippen LogP contribution is 2.49. The van der Waals surface area contributed by atoms with E-state index >= 15 is 0 Å². The van der Waals surface area contributed by atoms with Crippen molar-refractivity contribution >= 4 is 51.0 Å². The van der Waals surface area contributed by atoms with E-state index in [1.807, 2.05) is 16.7 Å². The Kier molecular flexibility index (Phi) is 6.63. The predicted octanol–water partition coefficient (Wildman–Crippen LogP) is 4.31. The van der Waals surface area contributed by atoms with Gasteiger partial charge in [0.05, 0.1) is 34.2 Å². The number of aromatic nitrogens is 2. The van der Waals surface area contributed by atoms with Gasteiger partial charge in [0.1, 0.15) is 17.1 Å². The van der Waals surface area contributed by atoms with Crippen LogP contribution in [0.1, 0.15) is 50.6 Å². The van der Waals surface area contributed by atoms with Crippen LogP contribution in [0.5, 0.6) is 0 Å². The van der Waals surface area contributed by atoms with Crippen molar-refractivity contribution in [3.8, 4) is 6.07 Å². The fourth-order valence-corrected chi connectivity index (χ4v) is 6.81. The fourth-order valence-electron chi connectivity index (χ4n) is 4.98. The summed E-state index contributed by atoms with van der Waals surface area (Å²) in [6.45, 7) is 1.39. The molecule has 0 atom stereocenters. The first-order chi connectivity index (χ1) is 18.7. The molecule has 3 aliphatic carbocycles. The normalized spacial score (nSPS) is 22.2. The van der Waals surface area contributed by atoms with Crippen molar-refractivity contribution in [1.29, 1.82) is 16.1 Å². The quantitative estimate of drug-likeness (QED) is 0.245. The molecular weight excluding hydrogens is 542 g/mol. The molecule has 4 fully saturated rings. The first-order valence-electron chi connectivity index (χ1n) is 13.2. The van der Waals surface area contributed by atoms with E-state index in [4.69, 9.17) is 10.8 Å². The molecule has 4 aliphatic rings. The highest BCUT2D eigenvalue weighted by atomic mass is 32.2. The second kappa shape index (κ2) is 9.74. The van der Waals surface area contributed by atoms with Crippen LogP contribution in [0.3, 0.4) is 0 Å². The second-order valence-corrected chi connectivity index (χ2v) is 13.0. The Bertz CT molecular complexity index is 1380. The van der Waals surface area contributed by atoms with Gasteiger partial charge in [-0.2, -0.15) is 5.26 Å². The van der Waals surface area contributed by atoms with Crippen molar-refractivity contribution in [1.82, 2.24) is 19.0 Å². The summed E-state index contributed by atoms with van der Waals surface area (Å²) in [6, 6.07) is 4.18. The first-order valence-corrected chi connectivity index (χ1v) is 14.9. The Balaban J connectivity index is 1.26. The topological polar surface area (TPSA) is 124 Å². The average Bonchev–Trinajstić information content (AvgIpc) is 3.86. The van der Waals surface area contributed by atoms with Crippen LogP contribution in [0.15, 0.2) is 23.4 Å². The molecule has 0 radical (unpaired) electrons. The van der Waals surface area contributed by atoms with Crippen LogP contribution in [-0.2, 0) is 4.79 Å². The number of pyridine rings is 1. The van der Waals surface area contributed by atoms with E-state index in [0.29, 0.717) is 63.2 Å². The van der Waals surface area contributed by atoms with Crippen LogP contribution in [0.2, 0.25) is 0 Å². The van der Waals surface area contributed by atoms with E-state index in [0.717, 1.165) is 41.6 Å². The summed E-state index contributed by atoms with van der Waals surface area (Å²) in [5, 5.41) is 26.8. The number of halogens is 2. The van der Waals surface area contributed by atoms with Crippen LogP contribution < -0.4 is 9.62 Å². The van der Waals surface area contributed by atoms with Gasteiger partial charge in [-0.3, -0.25) is 24.7 Å². The summed E-state index contributed by atoms with van der Waals surface area (Å²) in [5.74, 6) is -0.408. The molecule has 1 saturated heterocycles. The number of hydrogen-bond acceptors (Lipinski definition) is 9. The largest absolute Gasteiger partial charge is 0.365 e. The lowest BCUT2D eigenvalue weighted by molar-refractivity contribution is -0.150. The summed E-state index contributed by atoms with van der Waals surface area (Å²) >= 11 is 2.32. The van der Waals surface area contributed by atoms with Crippen LogP contribution in [0.25, 0.3) is 5.65 Å². The molecule has 3 N–H and O–H groups in total. The minimum absolute atomic E-state index is 0.127. The molecule has 0 spiro atoms. The number of nitrogens with zero attached hydrogens (tertiary/aromatic N) is 5. The first kappa shape index (κ1) is 26.5. The van der Waals surface area contributed by atoms with Crippen molar-refractivity contribution in [3.05, 3.63) is 24.2 Å². The summed E-state index contributed by atoms with van der Waals surface area (Å²) < 4.78 is 33.3. The number of amides is 1. The van der Waals surface area contributed by atoms with Crippen LogP contribution >= 0.6 is 23.7 Å². The number of fused-ring (bicyclic) bond motifs is 1. The van der Waals surface area contributed by atoms with Crippen LogP contribution in [-0.4, -0.2) is 74.3 Å². The molecule has 206 valence electrons. The number of hydrogen-bond donors (Lipinski definition) is 3. The number of anilines is 1. The molecule has 13 heteroatoms. The molecule has 2 aromatic heterocycles. The SMILES string of the molecule is N#CC1(C(=N)SC(=N)c2cnc3c(N4CCN(C(=O)C5(F)CCC5)CC4)cc(SNC4(CF)CC4)cn23)CC1. The lowest BCUT2D eigenvalue weighted by Crippen LogP contribution is -2.56. The zero-order valence-electron chi connectivity index (χ0n) is 21.4. The number of carbonyl (C=O) groups excluding carboxylic acids is 1. The van der Waals surface area contributed by atoms with Gasteiger partial charge in [0.25, 0.3) is 5.91 Å². The van der Waals surface area contributed by atoms with Gasteiger partial charge in [-0.05, 0) is 63.0 Å². The molecule has 1 aliphatic heterocycles. The molecule has 3 saturated carbocycles. The third-order valence-electron chi connectivity index (χ3n) is 8.33. The Morgan fingerprint density at radius 3 is 2.44 bits per heavy atom. The predicted molar refractivity (Wildman–Crippen MR) is 148 cm³/mol. The molecule has 0 bridgehead atoms. The zero-order valence-corrected chi connectivity index (χ0v) is 23.1. The van der Waals surface area contributed by atoms with Gasteiger partial charge < -0.3 is 9.80 Å². The van der Waals surface area contributed by atoms with Crippen molar-refractivity contribution in [2.45, 2.75) is 61.0 Å². The molecule has 3 heterocycles. The average molecular weight is 573 g/mol. The van der Waals surface area contributed by atoms with E-state index in [1.54, 1.807) is 11.1 Å². The molecule has 0 aromatic carbocycles. The Morgan fingerprint density at radius 1 is 1.15 bits per heavy atom. The molecule has 0 unspecified atom stereocenters. The van der Waals surface area contributed by atoms with E-state index in [-0.39, 0.29) is 10.1 Å². The van der Waals surface area contributed by atoms with Crippen molar-refractivity contribution in [2.75, 3.05) is 37.8 Å². The number of imidazole rings is 1. The maximum Gasteiger partial charge on any atom is 0.260 e.